The molecule has 0 radical (unpaired) electrons. The van der Waals surface area contributed by atoms with Gasteiger partial charge in [-0.05, 0) is 54.4 Å². The Bertz CT molecular complexity index is 1160. The molecular formula is C26H26N4O2S. The highest BCUT2D eigenvalue weighted by molar-refractivity contribution is 7.11. The van der Waals surface area contributed by atoms with Crippen molar-refractivity contribution in [3.05, 3.63) is 82.7 Å². The first-order valence-corrected chi connectivity index (χ1v) is 12.1. The fourth-order valence-electron chi connectivity index (χ4n) is 4.33. The Hall–Kier alpha value is -3.42. The molecule has 0 spiro atoms. The molecule has 1 aromatic heterocycles. The van der Waals surface area contributed by atoms with Gasteiger partial charge >= 0.3 is 0 Å². The number of nitrogens with one attached hydrogen (secondary N) is 1. The van der Waals surface area contributed by atoms with Crippen molar-refractivity contribution in [2.24, 2.45) is 0 Å². The quantitative estimate of drug-likeness (QED) is 0.559. The van der Waals surface area contributed by atoms with Gasteiger partial charge in [-0.25, -0.2) is 4.90 Å². The van der Waals surface area contributed by atoms with Crippen LogP contribution in [0.3, 0.4) is 0 Å². The summed E-state index contributed by atoms with van der Waals surface area (Å²) in [5.74, 6) is -0.643. The predicted molar refractivity (Wildman–Crippen MR) is 135 cm³/mol. The van der Waals surface area contributed by atoms with Gasteiger partial charge in [-0.1, -0.05) is 31.2 Å². The molecule has 33 heavy (non-hydrogen) atoms. The van der Waals surface area contributed by atoms with Crippen LogP contribution in [0.15, 0.2) is 77.8 Å². The maximum absolute atomic E-state index is 13.4. The molecule has 7 heteroatoms. The van der Waals surface area contributed by atoms with Gasteiger partial charge in [-0.15, -0.1) is 11.3 Å². The zero-order chi connectivity index (χ0) is 22.8. The zero-order valence-corrected chi connectivity index (χ0v) is 19.3. The Balaban J connectivity index is 1.41. The van der Waals surface area contributed by atoms with Gasteiger partial charge in [-0.3, -0.25) is 9.59 Å². The second kappa shape index (κ2) is 9.21. The first kappa shape index (κ1) is 21.4. The van der Waals surface area contributed by atoms with Crippen LogP contribution < -0.4 is 15.1 Å². The number of amides is 2. The smallest absolute Gasteiger partial charge is 0.282 e. The van der Waals surface area contributed by atoms with Gasteiger partial charge in [0.2, 0.25) is 0 Å². The number of carbonyl (C=O) groups excluding carboxylic acids is 2. The topological polar surface area (TPSA) is 55.9 Å². The van der Waals surface area contributed by atoms with Gasteiger partial charge in [0.15, 0.2) is 0 Å². The standard InChI is InChI=1S/C26H26N4O2S/c1-2-28-14-16-29(17-15-28)20-12-10-19(11-13-20)27-24-23(22-9-6-18-33-22)25(31)30(26(24)32)21-7-4-3-5-8-21/h3-13,18,27H,2,14-17H2,1H3. The summed E-state index contributed by atoms with van der Waals surface area (Å²) in [6.45, 7) is 7.44. The molecule has 6 nitrogen and oxygen atoms in total. The summed E-state index contributed by atoms with van der Waals surface area (Å²) < 4.78 is 0. The SMILES string of the molecule is CCN1CCN(c2ccc(NC3=C(c4cccs4)C(=O)N(c4ccccc4)C3=O)cc2)CC1. The maximum Gasteiger partial charge on any atom is 0.282 e. The van der Waals surface area contributed by atoms with Crippen LogP contribution in [-0.2, 0) is 9.59 Å². The Labute approximate surface area is 197 Å². The van der Waals surface area contributed by atoms with Crippen LogP contribution in [0.5, 0.6) is 0 Å². The van der Waals surface area contributed by atoms with E-state index in [2.05, 4.69) is 34.2 Å². The Morgan fingerprint density at radius 2 is 1.55 bits per heavy atom. The third-order valence-electron chi connectivity index (χ3n) is 6.19. The molecule has 2 aliphatic heterocycles. The summed E-state index contributed by atoms with van der Waals surface area (Å²) in [5, 5.41) is 5.17. The number of benzene rings is 2. The summed E-state index contributed by atoms with van der Waals surface area (Å²) in [5.41, 5.74) is 3.25. The Morgan fingerprint density at radius 1 is 0.818 bits per heavy atom. The van der Waals surface area contributed by atoms with Gasteiger partial charge in [0.05, 0.1) is 11.3 Å². The van der Waals surface area contributed by atoms with Crippen LogP contribution in [0.4, 0.5) is 17.1 Å². The van der Waals surface area contributed by atoms with Crippen LogP contribution in [0.1, 0.15) is 11.8 Å². The molecular weight excluding hydrogens is 432 g/mol. The largest absolute Gasteiger partial charge is 0.369 e. The van der Waals surface area contributed by atoms with E-state index in [0.29, 0.717) is 17.0 Å². The molecule has 1 N–H and O–H groups in total. The van der Waals surface area contributed by atoms with Crippen molar-refractivity contribution in [1.29, 1.82) is 0 Å². The van der Waals surface area contributed by atoms with Crippen molar-refractivity contribution in [3.8, 4) is 0 Å². The minimum absolute atomic E-state index is 0.304. The number of imide groups is 1. The fraction of sp³-hybridized carbons (Fsp3) is 0.231. The van der Waals surface area contributed by atoms with E-state index in [9.17, 15) is 9.59 Å². The number of likely N-dealkylation sites (N-methyl/N-ethyl adjacent to an activating group) is 1. The molecule has 5 rings (SSSR count). The van der Waals surface area contributed by atoms with E-state index in [1.165, 1.54) is 21.9 Å². The van der Waals surface area contributed by atoms with Crippen molar-refractivity contribution < 1.29 is 9.59 Å². The van der Waals surface area contributed by atoms with Crippen molar-refractivity contribution >= 4 is 45.8 Å². The molecule has 168 valence electrons. The number of para-hydroxylation sites is 1. The first-order chi connectivity index (χ1) is 16.2. The van der Waals surface area contributed by atoms with Gasteiger partial charge in [0.1, 0.15) is 5.70 Å². The summed E-state index contributed by atoms with van der Waals surface area (Å²) in [6, 6.07) is 20.9. The van der Waals surface area contributed by atoms with Crippen molar-refractivity contribution in [1.82, 2.24) is 4.90 Å². The molecule has 0 atom stereocenters. The van der Waals surface area contributed by atoms with Gasteiger partial charge < -0.3 is 15.1 Å². The minimum Gasteiger partial charge on any atom is -0.369 e. The minimum atomic E-state index is -0.339. The van der Waals surface area contributed by atoms with E-state index in [1.54, 1.807) is 12.1 Å². The molecule has 3 aromatic rings. The number of thiophene rings is 1. The lowest BCUT2D eigenvalue weighted by Gasteiger charge is -2.35. The molecule has 0 unspecified atom stereocenters. The zero-order valence-electron chi connectivity index (χ0n) is 18.5. The monoisotopic (exact) mass is 458 g/mol. The lowest BCUT2D eigenvalue weighted by Crippen LogP contribution is -2.46. The fourth-order valence-corrected chi connectivity index (χ4v) is 5.10. The summed E-state index contributed by atoms with van der Waals surface area (Å²) >= 11 is 1.45. The van der Waals surface area contributed by atoms with E-state index < -0.39 is 0 Å². The number of nitrogens with zero attached hydrogens (tertiary/aromatic N) is 3. The predicted octanol–water partition coefficient (Wildman–Crippen LogP) is 4.29. The Morgan fingerprint density at radius 3 is 2.18 bits per heavy atom. The van der Waals surface area contributed by atoms with Crippen LogP contribution >= 0.6 is 11.3 Å². The summed E-state index contributed by atoms with van der Waals surface area (Å²) in [7, 11) is 0. The number of carbonyl (C=O) groups is 2. The van der Waals surface area contributed by atoms with E-state index in [4.69, 9.17) is 0 Å². The van der Waals surface area contributed by atoms with Gasteiger partial charge in [-0.2, -0.15) is 0 Å². The molecule has 1 fully saturated rings. The third-order valence-corrected chi connectivity index (χ3v) is 7.07. The van der Waals surface area contributed by atoms with Crippen LogP contribution in [0, 0.1) is 0 Å². The molecule has 0 bridgehead atoms. The van der Waals surface area contributed by atoms with Crippen LogP contribution in [0.25, 0.3) is 5.57 Å². The summed E-state index contributed by atoms with van der Waals surface area (Å²) in [4.78, 5) is 33.6. The maximum atomic E-state index is 13.4. The second-order valence-electron chi connectivity index (χ2n) is 8.10. The number of hydrogen-bond donors (Lipinski definition) is 1. The average Bonchev–Trinajstić information content (AvgIpc) is 3.47. The van der Waals surface area contributed by atoms with Crippen molar-refractivity contribution in [2.45, 2.75) is 6.92 Å². The molecule has 2 amide bonds. The van der Waals surface area contributed by atoms with Crippen LogP contribution in [0.2, 0.25) is 0 Å². The number of piperazine rings is 1. The van der Waals surface area contributed by atoms with Gasteiger partial charge in [0, 0.05) is 42.4 Å². The lowest BCUT2D eigenvalue weighted by atomic mass is 10.1. The van der Waals surface area contributed by atoms with E-state index in [0.717, 1.165) is 43.3 Å². The molecule has 0 saturated carbocycles. The highest BCUT2D eigenvalue weighted by atomic mass is 32.1. The number of rotatable bonds is 6. The van der Waals surface area contributed by atoms with E-state index >= 15 is 0 Å². The first-order valence-electron chi connectivity index (χ1n) is 11.2. The van der Waals surface area contributed by atoms with Crippen molar-refractivity contribution in [3.63, 3.8) is 0 Å². The average molecular weight is 459 g/mol. The summed E-state index contributed by atoms with van der Waals surface area (Å²) in [6.07, 6.45) is 0. The van der Waals surface area contributed by atoms with Gasteiger partial charge in [0.25, 0.3) is 11.8 Å². The van der Waals surface area contributed by atoms with E-state index in [-0.39, 0.29) is 11.8 Å². The lowest BCUT2D eigenvalue weighted by molar-refractivity contribution is -0.120. The number of anilines is 3. The highest BCUT2D eigenvalue weighted by Crippen LogP contribution is 2.35. The number of hydrogen-bond acceptors (Lipinski definition) is 6. The molecule has 2 aromatic carbocycles. The second-order valence-corrected chi connectivity index (χ2v) is 9.05. The third kappa shape index (κ3) is 4.17. The Kier molecular flexibility index (Phi) is 5.98. The van der Waals surface area contributed by atoms with Crippen molar-refractivity contribution in [2.75, 3.05) is 47.8 Å². The molecule has 3 heterocycles. The van der Waals surface area contributed by atoms with E-state index in [1.807, 2.05) is 47.8 Å². The molecule has 2 aliphatic rings. The molecule has 0 aliphatic carbocycles. The highest BCUT2D eigenvalue weighted by Gasteiger charge is 2.40. The normalized spacial score (nSPS) is 17.2. The molecule has 1 saturated heterocycles. The van der Waals surface area contributed by atoms with Crippen LogP contribution in [-0.4, -0.2) is 49.4 Å².